The van der Waals surface area contributed by atoms with Gasteiger partial charge in [0.15, 0.2) is 22.8 Å². The van der Waals surface area contributed by atoms with Crippen molar-refractivity contribution in [2.75, 3.05) is 37.8 Å². The second kappa shape index (κ2) is 38.2. The van der Waals surface area contributed by atoms with E-state index in [-0.39, 0.29) is 72.9 Å². The number of nitrogen functional groups attached to an aromatic ring is 1. The number of fused-ring (bicyclic) bond motifs is 1. The van der Waals surface area contributed by atoms with Gasteiger partial charge < -0.3 is 82.9 Å². The van der Waals surface area contributed by atoms with E-state index in [9.17, 15) is 57.9 Å². The maximum absolute atomic E-state index is 12.7. The number of aliphatic hydroxyl groups is 2. The number of rotatable bonds is 41. The molecule has 0 bridgehead atoms. The van der Waals surface area contributed by atoms with E-state index < -0.39 is 97.3 Å². The molecule has 0 saturated carbocycles. The van der Waals surface area contributed by atoms with E-state index in [1.807, 2.05) is 0 Å². The zero-order chi connectivity index (χ0) is 57.5. The number of nitrogens with zero attached hydrogens (tertiary/aromatic N) is 4. The lowest BCUT2D eigenvalue weighted by Gasteiger charge is -2.35. The lowest BCUT2D eigenvalue weighted by atomic mass is 9.87. The first kappa shape index (κ1) is 66.0. The fourth-order valence-electron chi connectivity index (χ4n) is 7.59. The van der Waals surface area contributed by atoms with Crippen molar-refractivity contribution >= 4 is 69.1 Å². The molecule has 19 N–H and O–H groups in total. The Morgan fingerprint density at radius 1 is 0.829 bits per heavy atom. The Balaban J connectivity index is 0.0000208. The molecule has 0 aromatic carbocycles. The molecule has 1 aliphatic heterocycles. The molecule has 8 atom stereocenters. The average Bonchev–Trinajstić information content (AvgIpc) is 3.90. The number of quaternary nitrogens is 3. The highest BCUT2D eigenvalue weighted by Gasteiger charge is 2.48. The number of hydrogen-bond donors (Lipinski definition) is 9. The summed E-state index contributed by atoms with van der Waals surface area (Å²) in [6, 6.07) is 0. The predicted octanol–water partition coefficient (Wildman–Crippen LogP) is 6.50. The van der Waals surface area contributed by atoms with Crippen LogP contribution in [0, 0.1) is 5.41 Å². The Kier molecular flexibility index (Phi) is 33.1. The number of imidazole rings is 1. The summed E-state index contributed by atoms with van der Waals surface area (Å²) in [6.45, 7) is 2.29. The molecule has 3 unspecified atom stereocenters. The van der Waals surface area contributed by atoms with Crippen molar-refractivity contribution in [3.05, 3.63) is 12.7 Å². The predicted molar refractivity (Wildman–Crippen MR) is 286 cm³/mol. The van der Waals surface area contributed by atoms with Crippen LogP contribution in [0.15, 0.2) is 12.7 Å². The quantitative estimate of drug-likeness (QED) is 0.0253. The van der Waals surface area contributed by atoms with E-state index in [4.69, 9.17) is 16.0 Å². The topological polar surface area (TPSA) is 482 Å². The molecule has 31 heteroatoms. The van der Waals surface area contributed by atoms with Crippen LogP contribution in [0.5, 0.6) is 0 Å². The summed E-state index contributed by atoms with van der Waals surface area (Å²) in [5, 5.41) is 26.5. The molecule has 444 valence electrons. The molecule has 0 aliphatic carbocycles. The van der Waals surface area contributed by atoms with E-state index in [0.29, 0.717) is 25.0 Å². The molecule has 2 aromatic rings. The van der Waals surface area contributed by atoms with E-state index in [2.05, 4.69) is 50.4 Å². The van der Waals surface area contributed by atoms with E-state index in [0.717, 1.165) is 93.2 Å². The number of amides is 2. The summed E-state index contributed by atoms with van der Waals surface area (Å²) in [4.78, 5) is 95.2. The van der Waals surface area contributed by atoms with Gasteiger partial charge in [0.1, 0.15) is 36.3 Å². The van der Waals surface area contributed by atoms with Crippen LogP contribution >= 0.6 is 35.2 Å². The molecule has 1 fully saturated rings. The highest BCUT2D eigenvalue weighted by Crippen LogP contribution is 2.56. The third-order valence-electron chi connectivity index (χ3n) is 11.7. The third kappa shape index (κ3) is 29.1. The van der Waals surface area contributed by atoms with Gasteiger partial charge in [-0.2, -0.15) is 0 Å². The SMILES string of the molecule is [2H]C([2H])(CCCCCCCCCCC)C([2H])([2H])CCCCCCCCCCC(=O)SCCNC(=O)CCNC(=O)[C@H](O)C(C)(C)COP(=O)([O-])OP(=O)([O-])OC[C@H]1O[C@@H](n2cnc3c(N)ncnc32)[C@H](O)[C@@H]1OP(=O)([O-])O.[NH4+].[NH4+].[NH4+]. The molecule has 27 nitrogen and oxygen atoms in total. The molecule has 2 amide bonds. The van der Waals surface area contributed by atoms with Crippen molar-refractivity contribution in [3.8, 4) is 0 Å². The number of aliphatic hydroxyl groups excluding tert-OH is 2. The van der Waals surface area contributed by atoms with Crippen LogP contribution in [0.1, 0.15) is 180 Å². The Morgan fingerprint density at radius 2 is 1.37 bits per heavy atom. The first-order chi connectivity index (χ1) is 36.0. The number of carbonyl (C=O) groups is 3. The van der Waals surface area contributed by atoms with Gasteiger partial charge in [0.25, 0.3) is 23.5 Å². The minimum Gasteiger partial charge on any atom is -0.756 e. The first-order valence-electron chi connectivity index (χ1n) is 27.0. The fraction of sp³-hybridized carbons (Fsp3) is 0.822. The highest BCUT2D eigenvalue weighted by molar-refractivity contribution is 8.13. The summed E-state index contributed by atoms with van der Waals surface area (Å²) in [7, 11) is -17.4. The number of unbranched alkanes of at least 4 members (excludes halogenated alkanes) is 15. The number of hydrogen-bond acceptors (Lipinski definition) is 21. The van der Waals surface area contributed by atoms with Gasteiger partial charge >= 0.3 is 0 Å². The van der Waals surface area contributed by atoms with Gasteiger partial charge in [0.05, 0.1) is 19.5 Å². The number of carbonyl (C=O) groups excluding carboxylic acids is 3. The number of nitrogens with two attached hydrogens (primary N) is 1. The van der Waals surface area contributed by atoms with Crippen LogP contribution in [0.2, 0.25) is 0 Å². The zero-order valence-electron chi connectivity index (χ0n) is 49.1. The second-order valence-corrected chi connectivity index (χ2v) is 23.7. The average molecular weight is 1170 g/mol. The summed E-state index contributed by atoms with van der Waals surface area (Å²) < 4.78 is 94.7. The lowest BCUT2D eigenvalue weighted by molar-refractivity contribution is -0.247. The van der Waals surface area contributed by atoms with Crippen molar-refractivity contribution in [1.82, 2.24) is 48.6 Å². The van der Waals surface area contributed by atoms with Crippen LogP contribution in [0.25, 0.3) is 11.2 Å². The van der Waals surface area contributed by atoms with Gasteiger partial charge in [0.2, 0.25) is 11.8 Å². The van der Waals surface area contributed by atoms with Gasteiger partial charge in [-0.25, -0.2) is 19.3 Å². The van der Waals surface area contributed by atoms with Crippen LogP contribution in [0.3, 0.4) is 0 Å². The second-order valence-electron chi connectivity index (χ2n) is 18.5. The standard InChI is InChI=1S/C45H82N7O17P3S.3H3N/c1-4-5-6-7-8-9-10-11-12-13-14-15-16-17-18-19-20-21-22-23-24-25-36(54)73-29-28-47-35(53)26-27-48-43(57)40(56)45(2,3)31-66-72(63,64)69-71(61,62)65-30-34-39(68-70(58,59)60)38(55)44(67-34)52-33-51-37-41(46)49-32-50-42(37)52;;;/h32-34,38-40,44,55-56H,4-31H2,1-3H3,(H,47,53)(H,48,57)(H,61,62)(H,63,64)(H2,46,49,50)(H2,58,59,60);3*1H3/t34-,38-,39-,40+,44-;;;/m1.../s1/i14D2,15D2;;;. The maximum Gasteiger partial charge on any atom is 0.274 e. The van der Waals surface area contributed by atoms with Crippen molar-refractivity contribution in [3.63, 3.8) is 0 Å². The van der Waals surface area contributed by atoms with E-state index in [1.165, 1.54) is 46.0 Å². The molecular formula is C45H91N10O17P3S. The number of phosphoric acid groups is 3. The first-order valence-corrected chi connectivity index (χ1v) is 30.4. The minimum absolute atomic E-state index is 0. The summed E-state index contributed by atoms with van der Waals surface area (Å²) in [5.74, 6) is -1.23. The number of anilines is 1. The lowest BCUT2D eigenvalue weighted by Crippen LogP contribution is -2.46. The fourth-order valence-corrected chi connectivity index (χ4v) is 11.1. The molecule has 1 saturated heterocycles. The van der Waals surface area contributed by atoms with Crippen molar-refractivity contribution in [1.29, 1.82) is 0 Å². The Labute approximate surface area is 457 Å². The molecule has 0 radical (unpaired) electrons. The summed E-state index contributed by atoms with van der Waals surface area (Å²) in [5.41, 5.74) is 4.10. The Hall–Kier alpha value is -2.56. The molecule has 2 aromatic heterocycles. The molecule has 3 rings (SSSR count). The monoisotopic (exact) mass is 1170 g/mol. The van der Waals surface area contributed by atoms with Gasteiger partial charge in [-0.15, -0.1) is 0 Å². The van der Waals surface area contributed by atoms with Gasteiger partial charge in [0, 0.05) is 42.6 Å². The number of nitrogens with one attached hydrogen (secondary N) is 2. The number of ether oxygens (including phenoxy) is 1. The van der Waals surface area contributed by atoms with Crippen LogP contribution < -0.4 is 49.5 Å². The summed E-state index contributed by atoms with van der Waals surface area (Å²) >= 11 is 1.09. The maximum atomic E-state index is 12.7. The largest absolute Gasteiger partial charge is 0.756 e. The molecule has 3 heterocycles. The van der Waals surface area contributed by atoms with Crippen molar-refractivity contribution in [2.45, 2.75) is 199 Å². The molecule has 76 heavy (non-hydrogen) atoms. The van der Waals surface area contributed by atoms with Crippen molar-refractivity contribution < 1.29 is 86.0 Å². The zero-order valence-corrected chi connectivity index (χ0v) is 48.6. The number of phosphoric ester groups is 3. The smallest absolute Gasteiger partial charge is 0.274 e. The van der Waals surface area contributed by atoms with Gasteiger partial charge in [-0.05, 0) is 6.42 Å². The Bertz CT molecular complexity index is 2300. The van der Waals surface area contributed by atoms with Crippen LogP contribution in [0.4, 0.5) is 5.82 Å². The Morgan fingerprint density at radius 3 is 1.93 bits per heavy atom. The third-order valence-corrected chi connectivity index (χ3v) is 15.7. The molecular weight excluding hydrogens is 1080 g/mol. The number of thioether (sulfide) groups is 1. The van der Waals surface area contributed by atoms with Gasteiger partial charge in [-0.3, -0.25) is 32.6 Å². The molecule has 0 spiro atoms. The minimum atomic E-state index is -5.92. The van der Waals surface area contributed by atoms with E-state index >= 15 is 0 Å². The van der Waals surface area contributed by atoms with Gasteiger partial charge in [-0.1, -0.05) is 161 Å². The van der Waals surface area contributed by atoms with Crippen LogP contribution in [-0.2, 0) is 50.7 Å². The van der Waals surface area contributed by atoms with Crippen LogP contribution in [-0.4, -0.2) is 108 Å². The highest BCUT2D eigenvalue weighted by atomic mass is 32.2. The van der Waals surface area contributed by atoms with Crippen molar-refractivity contribution in [2.24, 2.45) is 5.41 Å². The summed E-state index contributed by atoms with van der Waals surface area (Å²) in [6.07, 6.45) is 6.92. The normalized spacial score (nSPS) is 20.4. The molecule has 1 aliphatic rings. The van der Waals surface area contributed by atoms with E-state index in [1.54, 1.807) is 0 Å². The number of aromatic nitrogens is 4.